The van der Waals surface area contributed by atoms with Gasteiger partial charge >= 0.3 is 0 Å². The number of oxazole rings is 1. The van der Waals surface area contributed by atoms with Gasteiger partial charge in [0.15, 0.2) is 5.58 Å². The van der Waals surface area contributed by atoms with Gasteiger partial charge in [0.1, 0.15) is 5.52 Å². The lowest BCUT2D eigenvalue weighted by Crippen LogP contribution is -2.61. The van der Waals surface area contributed by atoms with E-state index >= 15 is 0 Å². The minimum Gasteiger partial charge on any atom is -0.436 e. The van der Waals surface area contributed by atoms with Crippen LogP contribution in [-0.4, -0.2) is 11.7 Å². The second-order valence-electron chi connectivity index (χ2n) is 24.7. The van der Waals surface area contributed by atoms with Gasteiger partial charge in [0.05, 0.1) is 0 Å². The molecule has 4 nitrogen and oxygen atoms in total. The molecule has 3 heterocycles. The van der Waals surface area contributed by atoms with E-state index in [1.54, 1.807) is 0 Å². The summed E-state index contributed by atoms with van der Waals surface area (Å²) in [5.41, 5.74) is 22.3. The minimum absolute atomic E-state index is 0.0176. The molecule has 0 saturated carbocycles. The van der Waals surface area contributed by atoms with Crippen LogP contribution in [0.25, 0.3) is 33.7 Å². The van der Waals surface area contributed by atoms with Crippen molar-refractivity contribution in [1.29, 1.82) is 0 Å². The molecule has 8 aromatic rings. The first-order chi connectivity index (χ1) is 31.8. The summed E-state index contributed by atoms with van der Waals surface area (Å²) in [5.74, 6) is 0.621. The lowest BCUT2D eigenvalue weighted by molar-refractivity contribution is 0.589. The van der Waals surface area contributed by atoms with Crippen molar-refractivity contribution < 1.29 is 4.42 Å². The van der Waals surface area contributed by atoms with E-state index in [4.69, 9.17) is 9.40 Å². The Morgan fingerprint density at radius 1 is 0.368 bits per heavy atom. The van der Waals surface area contributed by atoms with Gasteiger partial charge in [0, 0.05) is 45.8 Å². The Balaban J connectivity index is 1.21. The van der Waals surface area contributed by atoms with Crippen LogP contribution in [0.5, 0.6) is 0 Å². The summed E-state index contributed by atoms with van der Waals surface area (Å²) >= 11 is 0. The summed E-state index contributed by atoms with van der Waals surface area (Å²) in [7, 11) is 0. The summed E-state index contributed by atoms with van der Waals surface area (Å²) in [6.45, 7) is 34.4. The van der Waals surface area contributed by atoms with Crippen LogP contribution in [0.3, 0.4) is 0 Å². The summed E-state index contributed by atoms with van der Waals surface area (Å²) < 4.78 is 6.84. The SMILES string of the molecule is CC(C)(C)c1ccc(-c2ccc(-c3nc4cc5c(cc4o3)N(c3ccc(C(C)(C)C)cc3)c3cc(C(C)(C)C)cc4c3B5c3cc(C(C)(C)C)ccc3N4c3ccc(C(C)(C)C)cc3)cc2)cc1. The van der Waals surface area contributed by atoms with E-state index in [2.05, 4.69) is 253 Å². The van der Waals surface area contributed by atoms with Crippen molar-refractivity contribution in [1.82, 2.24) is 4.98 Å². The predicted molar refractivity (Wildman–Crippen MR) is 292 cm³/mol. The maximum Gasteiger partial charge on any atom is 0.252 e. The lowest BCUT2D eigenvalue weighted by atomic mass is 9.33. The van der Waals surface area contributed by atoms with E-state index in [1.165, 1.54) is 72.4 Å². The summed E-state index contributed by atoms with van der Waals surface area (Å²) in [6, 6.07) is 52.9. The number of benzene rings is 7. The number of fused-ring (bicyclic) bond motifs is 5. The first-order valence-electron chi connectivity index (χ1n) is 24.6. The first-order valence-corrected chi connectivity index (χ1v) is 24.6. The normalized spacial score (nSPS) is 14.0. The number of hydrogen-bond acceptors (Lipinski definition) is 4. The van der Waals surface area contributed by atoms with Gasteiger partial charge < -0.3 is 14.2 Å². The van der Waals surface area contributed by atoms with Gasteiger partial charge in [-0.2, -0.15) is 0 Å². The monoisotopic (exact) mass is 894 g/mol. The highest BCUT2D eigenvalue weighted by Gasteiger charge is 2.45. The van der Waals surface area contributed by atoms with Crippen LogP contribution < -0.4 is 26.2 Å². The molecule has 0 unspecified atom stereocenters. The smallest absolute Gasteiger partial charge is 0.252 e. The van der Waals surface area contributed by atoms with Gasteiger partial charge in [0.2, 0.25) is 5.89 Å². The molecule has 0 N–H and O–H groups in total. The Labute approximate surface area is 406 Å². The molecule has 0 bridgehead atoms. The van der Waals surface area contributed by atoms with E-state index in [0.717, 1.165) is 33.7 Å². The van der Waals surface area contributed by atoms with Gasteiger partial charge in [-0.05, 0) is 143 Å². The number of anilines is 6. The Hall–Kier alpha value is -6.33. The molecule has 68 heavy (non-hydrogen) atoms. The molecule has 0 saturated heterocycles. The Kier molecular flexibility index (Phi) is 10.4. The molecule has 2 aliphatic heterocycles. The summed E-state index contributed by atoms with van der Waals surface area (Å²) in [5, 5.41) is 0. The number of rotatable bonds is 4. The standard InChI is InChI=1S/C63H68BN3O/c1-59(2,3)42-22-20-40(21-23-42)39-16-18-41(19-17-39)58-65-51-37-50-53(38-56(51)68-58)67(48-31-26-44(27-32-48)61(7,8)9)55-36-46(63(13,14)15)35-54-57(55)64(50)49-34-45(62(10,11)12)28-33-52(49)66(54)47-29-24-43(25-30-47)60(4,5)6/h16-38H,1-15H3. The third-order valence-electron chi connectivity index (χ3n) is 14.5. The van der Waals surface area contributed by atoms with Crippen LogP contribution in [-0.2, 0) is 27.1 Å². The molecule has 0 radical (unpaired) electrons. The highest BCUT2D eigenvalue weighted by atomic mass is 16.3. The van der Waals surface area contributed by atoms with Gasteiger partial charge in [-0.3, -0.25) is 0 Å². The van der Waals surface area contributed by atoms with Gasteiger partial charge in [-0.15, -0.1) is 0 Å². The third kappa shape index (κ3) is 7.96. The molecule has 7 aromatic carbocycles. The van der Waals surface area contributed by atoms with Crippen LogP contribution >= 0.6 is 0 Å². The zero-order valence-corrected chi connectivity index (χ0v) is 43.1. The third-order valence-corrected chi connectivity index (χ3v) is 14.5. The van der Waals surface area contributed by atoms with E-state index in [9.17, 15) is 0 Å². The highest BCUT2D eigenvalue weighted by molar-refractivity contribution is 7.00. The average molecular weight is 894 g/mol. The zero-order chi connectivity index (χ0) is 48.5. The van der Waals surface area contributed by atoms with E-state index in [1.807, 2.05) is 0 Å². The molecule has 10 rings (SSSR count). The summed E-state index contributed by atoms with van der Waals surface area (Å²) in [4.78, 5) is 10.3. The molecule has 0 atom stereocenters. The van der Waals surface area contributed by atoms with Crippen molar-refractivity contribution in [3.63, 3.8) is 0 Å². The maximum absolute atomic E-state index is 6.84. The average Bonchev–Trinajstić information content (AvgIpc) is 3.70. The minimum atomic E-state index is -0.129. The topological polar surface area (TPSA) is 32.5 Å². The lowest BCUT2D eigenvalue weighted by Gasteiger charge is -2.45. The van der Waals surface area contributed by atoms with Crippen molar-refractivity contribution in [3.05, 3.63) is 167 Å². The Bertz CT molecular complexity index is 3210. The van der Waals surface area contributed by atoms with Crippen molar-refractivity contribution >= 4 is 68.3 Å². The van der Waals surface area contributed by atoms with Crippen molar-refractivity contribution in [2.24, 2.45) is 0 Å². The van der Waals surface area contributed by atoms with Crippen molar-refractivity contribution in [3.8, 4) is 22.6 Å². The van der Waals surface area contributed by atoms with Crippen molar-refractivity contribution in [2.45, 2.75) is 131 Å². The van der Waals surface area contributed by atoms with Crippen LogP contribution in [0.2, 0.25) is 0 Å². The van der Waals surface area contributed by atoms with Crippen LogP contribution in [0, 0.1) is 0 Å². The molecule has 2 aliphatic rings. The second-order valence-corrected chi connectivity index (χ2v) is 24.7. The molecular weight excluding hydrogens is 826 g/mol. The quantitative estimate of drug-likeness (QED) is 0.165. The molecule has 0 aliphatic carbocycles. The number of hydrogen-bond donors (Lipinski definition) is 0. The van der Waals surface area contributed by atoms with E-state index in [-0.39, 0.29) is 33.8 Å². The molecule has 0 amide bonds. The zero-order valence-electron chi connectivity index (χ0n) is 43.1. The van der Waals surface area contributed by atoms with Crippen LogP contribution in [0.4, 0.5) is 34.1 Å². The van der Waals surface area contributed by atoms with Crippen molar-refractivity contribution in [2.75, 3.05) is 9.80 Å². The number of aromatic nitrogens is 1. The Morgan fingerprint density at radius 2 is 0.765 bits per heavy atom. The first kappa shape index (κ1) is 45.5. The molecule has 344 valence electrons. The largest absolute Gasteiger partial charge is 0.436 e. The molecule has 0 fully saturated rings. The van der Waals surface area contributed by atoms with Gasteiger partial charge in [0.25, 0.3) is 6.71 Å². The van der Waals surface area contributed by atoms with Gasteiger partial charge in [-0.1, -0.05) is 177 Å². The molecule has 0 spiro atoms. The van der Waals surface area contributed by atoms with Crippen LogP contribution in [0.1, 0.15) is 132 Å². The molecule has 1 aromatic heterocycles. The van der Waals surface area contributed by atoms with E-state index in [0.29, 0.717) is 5.89 Å². The highest BCUT2D eigenvalue weighted by Crippen LogP contribution is 2.48. The maximum atomic E-state index is 6.84. The fourth-order valence-corrected chi connectivity index (χ4v) is 10.2. The van der Waals surface area contributed by atoms with E-state index < -0.39 is 0 Å². The fourth-order valence-electron chi connectivity index (χ4n) is 10.2. The Morgan fingerprint density at radius 3 is 1.24 bits per heavy atom. The number of nitrogens with zero attached hydrogens (tertiary/aromatic N) is 3. The predicted octanol–water partition coefficient (Wildman–Crippen LogP) is 15.7. The molecule has 5 heteroatoms. The second kappa shape index (κ2) is 15.6. The summed E-state index contributed by atoms with van der Waals surface area (Å²) in [6.07, 6.45) is 0. The van der Waals surface area contributed by atoms with Crippen LogP contribution in [0.15, 0.2) is 144 Å². The molecular formula is C63H68BN3O. The fraction of sp³-hybridized carbons (Fsp3) is 0.317. The van der Waals surface area contributed by atoms with Gasteiger partial charge in [-0.25, -0.2) is 4.98 Å².